The zero-order valence-corrected chi connectivity index (χ0v) is 19.0. The van der Waals surface area contributed by atoms with Crippen molar-refractivity contribution in [3.05, 3.63) is 83.9 Å². The van der Waals surface area contributed by atoms with E-state index < -0.39 is 6.10 Å². The van der Waals surface area contributed by atoms with Crippen molar-refractivity contribution in [2.75, 3.05) is 11.9 Å². The van der Waals surface area contributed by atoms with E-state index in [0.29, 0.717) is 30.0 Å². The highest BCUT2D eigenvalue weighted by atomic mass is 16.6. The van der Waals surface area contributed by atoms with Gasteiger partial charge in [-0.1, -0.05) is 6.07 Å². The van der Waals surface area contributed by atoms with Crippen LogP contribution in [0.25, 0.3) is 0 Å². The number of nitrogens with zero attached hydrogens (tertiary/aromatic N) is 2. The molecule has 0 unspecified atom stereocenters. The molecule has 9 nitrogen and oxygen atoms in total. The number of hydrogen-bond acceptors (Lipinski definition) is 7. The van der Waals surface area contributed by atoms with Crippen molar-refractivity contribution in [3.8, 4) is 5.75 Å². The molecule has 1 saturated heterocycles. The van der Waals surface area contributed by atoms with Gasteiger partial charge < -0.3 is 25.2 Å². The summed E-state index contributed by atoms with van der Waals surface area (Å²) in [7, 11) is 0. The van der Waals surface area contributed by atoms with Crippen molar-refractivity contribution in [3.63, 3.8) is 0 Å². The van der Waals surface area contributed by atoms with Crippen LogP contribution in [0.5, 0.6) is 5.75 Å². The molecule has 2 aliphatic rings. The number of rotatable bonds is 7. The van der Waals surface area contributed by atoms with Gasteiger partial charge in [0.25, 0.3) is 5.91 Å². The van der Waals surface area contributed by atoms with E-state index in [2.05, 4.69) is 20.6 Å². The predicted octanol–water partition coefficient (Wildman–Crippen LogP) is 2.43. The van der Waals surface area contributed by atoms with Gasteiger partial charge in [0.15, 0.2) is 0 Å². The fraction of sp³-hybridized carbons (Fsp3) is 0.308. The Bertz CT molecular complexity index is 1190. The van der Waals surface area contributed by atoms with Gasteiger partial charge in [-0.05, 0) is 48.9 Å². The van der Waals surface area contributed by atoms with Gasteiger partial charge in [0, 0.05) is 35.8 Å². The fourth-order valence-electron chi connectivity index (χ4n) is 4.64. The maximum Gasteiger partial charge on any atom is 0.257 e. The number of benzene rings is 1. The molecule has 9 heteroatoms. The van der Waals surface area contributed by atoms with Crippen LogP contribution in [0.2, 0.25) is 0 Å². The van der Waals surface area contributed by atoms with Gasteiger partial charge >= 0.3 is 0 Å². The van der Waals surface area contributed by atoms with Gasteiger partial charge in [0.1, 0.15) is 18.0 Å². The highest BCUT2D eigenvalue weighted by molar-refractivity contribution is 6.04. The zero-order valence-electron chi connectivity index (χ0n) is 19.0. The van der Waals surface area contributed by atoms with E-state index in [0.717, 1.165) is 11.3 Å². The summed E-state index contributed by atoms with van der Waals surface area (Å²) in [5.41, 5.74) is 2.81. The summed E-state index contributed by atoms with van der Waals surface area (Å²) in [6.07, 6.45) is 4.25. The number of ether oxygens (including phenoxy) is 2. The molecule has 3 aromatic rings. The minimum atomic E-state index is -0.553. The lowest BCUT2D eigenvalue weighted by Crippen LogP contribution is -2.47. The minimum absolute atomic E-state index is 0.0697. The third-order valence-electron chi connectivity index (χ3n) is 6.29. The smallest absolute Gasteiger partial charge is 0.257 e. The molecule has 3 N–H and O–H groups in total. The molecule has 0 bridgehead atoms. The lowest BCUT2D eigenvalue weighted by Gasteiger charge is -2.37. The fourth-order valence-corrected chi connectivity index (χ4v) is 4.64. The first-order valence-corrected chi connectivity index (χ1v) is 11.6. The first kappa shape index (κ1) is 22.9. The average molecular weight is 475 g/mol. The Balaban J connectivity index is 1.26. The van der Waals surface area contributed by atoms with Crippen molar-refractivity contribution in [1.82, 2.24) is 15.3 Å². The van der Waals surface area contributed by atoms with E-state index >= 15 is 0 Å². The first-order chi connectivity index (χ1) is 17.1. The van der Waals surface area contributed by atoms with Crippen LogP contribution in [0.3, 0.4) is 0 Å². The molecule has 1 aromatic carbocycles. The van der Waals surface area contributed by atoms with Gasteiger partial charge in [0.05, 0.1) is 36.9 Å². The molecule has 0 radical (unpaired) electrons. The summed E-state index contributed by atoms with van der Waals surface area (Å²) in [5, 5.41) is 15.7. The number of anilines is 1. The third kappa shape index (κ3) is 5.16. The third-order valence-corrected chi connectivity index (χ3v) is 6.29. The SMILES string of the molecule is O=C(C[C@@H]1C[C@@H]2c3cc(NC(=O)c4cccnc4)ccc3O[C@@H]2[C@@H](CO)O1)NCc1ccccn1. The van der Waals surface area contributed by atoms with Crippen LogP contribution in [0, 0.1) is 0 Å². The maximum absolute atomic E-state index is 12.6. The summed E-state index contributed by atoms with van der Waals surface area (Å²) in [6.45, 7) is 0.125. The number of amides is 2. The van der Waals surface area contributed by atoms with E-state index in [1.165, 1.54) is 6.20 Å². The molecule has 0 spiro atoms. The second-order valence-corrected chi connectivity index (χ2v) is 8.65. The number of hydrogen-bond donors (Lipinski definition) is 3. The van der Waals surface area contributed by atoms with Gasteiger partial charge in [-0.2, -0.15) is 0 Å². The van der Waals surface area contributed by atoms with Gasteiger partial charge in [-0.15, -0.1) is 0 Å². The molecule has 35 heavy (non-hydrogen) atoms. The molecule has 2 amide bonds. The Morgan fingerprint density at radius 1 is 1.11 bits per heavy atom. The molecule has 0 aliphatic carbocycles. The van der Waals surface area contributed by atoms with Gasteiger partial charge in [-0.25, -0.2) is 0 Å². The van der Waals surface area contributed by atoms with Crippen molar-refractivity contribution in [2.45, 2.75) is 43.6 Å². The molecule has 5 rings (SSSR count). The summed E-state index contributed by atoms with van der Waals surface area (Å²) in [6, 6.07) is 14.4. The molecular weight excluding hydrogens is 448 g/mol. The predicted molar refractivity (Wildman–Crippen MR) is 127 cm³/mol. The largest absolute Gasteiger partial charge is 0.487 e. The second kappa shape index (κ2) is 10.2. The van der Waals surface area contributed by atoms with E-state index in [1.807, 2.05) is 30.3 Å². The van der Waals surface area contributed by atoms with Crippen molar-refractivity contribution < 1.29 is 24.2 Å². The number of fused-ring (bicyclic) bond motifs is 3. The van der Waals surface area contributed by atoms with Crippen molar-refractivity contribution in [1.29, 1.82) is 0 Å². The number of aromatic nitrogens is 2. The summed E-state index contributed by atoms with van der Waals surface area (Å²) >= 11 is 0. The monoisotopic (exact) mass is 474 g/mol. The molecule has 2 aliphatic heterocycles. The summed E-state index contributed by atoms with van der Waals surface area (Å²) < 4.78 is 12.1. The zero-order chi connectivity index (χ0) is 24.2. The number of carbonyl (C=O) groups excluding carboxylic acids is 2. The normalized spacial score (nSPS) is 22.4. The van der Waals surface area contributed by atoms with E-state index in [4.69, 9.17) is 9.47 Å². The highest BCUT2D eigenvalue weighted by Crippen LogP contribution is 2.47. The molecule has 4 heterocycles. The topological polar surface area (TPSA) is 123 Å². The van der Waals surface area contributed by atoms with Crippen LogP contribution < -0.4 is 15.4 Å². The molecule has 4 atom stereocenters. The molecule has 2 aromatic heterocycles. The van der Waals surface area contributed by atoms with Crippen LogP contribution >= 0.6 is 0 Å². The molecule has 0 saturated carbocycles. The first-order valence-electron chi connectivity index (χ1n) is 11.6. The summed E-state index contributed by atoms with van der Waals surface area (Å²) in [4.78, 5) is 33.3. The standard InChI is InChI=1S/C26H26N4O5/c31-15-23-25-21(11-19(34-23)12-24(32)29-14-18-5-1-2-9-28-18)20-10-17(6-7-22(20)35-25)30-26(33)16-4-3-8-27-13-16/h1-10,13,19,21,23,25,31H,11-12,14-15H2,(H,29,32)(H,30,33)/t19-,21+,23+,25-/m0/s1. The molecular formula is C26H26N4O5. The number of aliphatic hydroxyl groups excluding tert-OH is 1. The van der Waals surface area contributed by atoms with E-state index in [-0.39, 0.29) is 43.0 Å². The van der Waals surface area contributed by atoms with Crippen LogP contribution in [-0.2, 0) is 16.1 Å². The number of nitrogens with one attached hydrogen (secondary N) is 2. The summed E-state index contributed by atoms with van der Waals surface area (Å²) in [5.74, 6) is 0.227. The van der Waals surface area contributed by atoms with E-state index in [1.54, 1.807) is 30.6 Å². The van der Waals surface area contributed by atoms with Crippen LogP contribution in [0.15, 0.2) is 67.1 Å². The molecule has 1 fully saturated rings. The minimum Gasteiger partial charge on any atom is -0.487 e. The lowest BCUT2D eigenvalue weighted by atomic mass is 9.84. The Morgan fingerprint density at radius 2 is 2.03 bits per heavy atom. The highest BCUT2D eigenvalue weighted by Gasteiger charge is 2.46. The van der Waals surface area contributed by atoms with Crippen LogP contribution in [-0.4, -0.2) is 51.8 Å². The lowest BCUT2D eigenvalue weighted by molar-refractivity contribution is -0.142. The van der Waals surface area contributed by atoms with E-state index in [9.17, 15) is 14.7 Å². The maximum atomic E-state index is 12.6. The Kier molecular flexibility index (Phi) is 6.69. The number of carbonyl (C=O) groups is 2. The number of pyridine rings is 2. The van der Waals surface area contributed by atoms with Crippen LogP contribution in [0.1, 0.15) is 40.4 Å². The Morgan fingerprint density at radius 3 is 2.80 bits per heavy atom. The second-order valence-electron chi connectivity index (χ2n) is 8.65. The van der Waals surface area contributed by atoms with Gasteiger partial charge in [0.2, 0.25) is 5.91 Å². The Labute approximate surface area is 202 Å². The van der Waals surface area contributed by atoms with Gasteiger partial charge in [-0.3, -0.25) is 19.6 Å². The van der Waals surface area contributed by atoms with Crippen molar-refractivity contribution in [2.24, 2.45) is 0 Å². The molecule has 180 valence electrons. The number of aliphatic hydroxyl groups is 1. The quantitative estimate of drug-likeness (QED) is 0.481. The van der Waals surface area contributed by atoms with Crippen molar-refractivity contribution >= 4 is 17.5 Å². The average Bonchev–Trinajstić information content (AvgIpc) is 3.26. The Hall–Kier alpha value is -3.82. The van der Waals surface area contributed by atoms with Crippen LogP contribution in [0.4, 0.5) is 5.69 Å².